The summed E-state index contributed by atoms with van der Waals surface area (Å²) < 4.78 is 6.12. The summed E-state index contributed by atoms with van der Waals surface area (Å²) in [5.41, 5.74) is 2.89. The van der Waals surface area contributed by atoms with Crippen molar-refractivity contribution in [1.82, 2.24) is 5.43 Å². The van der Waals surface area contributed by atoms with Crippen LogP contribution < -0.4 is 10.2 Å². The Labute approximate surface area is 200 Å². The number of nitrogens with one attached hydrogen (secondary N) is 1. The van der Waals surface area contributed by atoms with E-state index in [1.165, 1.54) is 48.7 Å². The highest BCUT2D eigenvalue weighted by molar-refractivity contribution is 9.10. The minimum atomic E-state index is -0.696. The van der Waals surface area contributed by atoms with Gasteiger partial charge in [0, 0.05) is 32.8 Å². The van der Waals surface area contributed by atoms with Crippen molar-refractivity contribution < 1.29 is 19.2 Å². The van der Waals surface area contributed by atoms with Gasteiger partial charge in [-0.2, -0.15) is 5.10 Å². The van der Waals surface area contributed by atoms with Crippen LogP contribution in [0.25, 0.3) is 0 Å². The van der Waals surface area contributed by atoms with Crippen LogP contribution in [0.15, 0.2) is 70.2 Å². The molecule has 0 atom stereocenters. The zero-order valence-corrected chi connectivity index (χ0v) is 19.0. The molecule has 11 heteroatoms. The maximum atomic E-state index is 12.5. The molecule has 0 fully saturated rings. The van der Waals surface area contributed by atoms with E-state index >= 15 is 0 Å². The van der Waals surface area contributed by atoms with Crippen molar-refractivity contribution in [2.24, 2.45) is 5.10 Å². The third kappa shape index (κ3) is 5.91. The number of carbonyl (C=O) groups is 2. The number of non-ortho nitro benzene ring substituents is 1. The fraction of sp³-hybridized carbons (Fsp3) is 0. The first-order chi connectivity index (χ1) is 15.2. The van der Waals surface area contributed by atoms with Crippen LogP contribution in [0.2, 0.25) is 10.0 Å². The summed E-state index contributed by atoms with van der Waals surface area (Å²) in [7, 11) is 0. The van der Waals surface area contributed by atoms with Crippen LogP contribution in [0.4, 0.5) is 5.69 Å². The van der Waals surface area contributed by atoms with Gasteiger partial charge >= 0.3 is 5.97 Å². The third-order valence-electron chi connectivity index (χ3n) is 4.04. The largest absolute Gasteiger partial charge is 0.422 e. The number of hydrazone groups is 1. The van der Waals surface area contributed by atoms with Crippen molar-refractivity contribution in [1.29, 1.82) is 0 Å². The lowest BCUT2D eigenvalue weighted by atomic mass is 10.2. The van der Waals surface area contributed by atoms with E-state index in [4.69, 9.17) is 27.9 Å². The molecule has 1 N–H and O–H groups in total. The fourth-order valence-electron chi connectivity index (χ4n) is 2.48. The molecule has 0 saturated carbocycles. The number of rotatable bonds is 6. The van der Waals surface area contributed by atoms with E-state index in [2.05, 4.69) is 26.5 Å². The van der Waals surface area contributed by atoms with Crippen molar-refractivity contribution in [3.63, 3.8) is 0 Å². The molecule has 32 heavy (non-hydrogen) atoms. The smallest absolute Gasteiger partial charge is 0.345 e. The Bertz CT molecular complexity index is 1230. The standard InChI is InChI=1S/C21H12BrCl2N3O5/c22-14-3-8-19(32-21(29)17-7-4-15(23)10-18(17)24)13(9-14)11-25-26-20(28)12-1-5-16(6-2-12)27(30)31/h1-11H,(H,26,28)/b25-11-. The van der Waals surface area contributed by atoms with Crippen LogP contribution in [-0.4, -0.2) is 23.0 Å². The predicted molar refractivity (Wildman–Crippen MR) is 124 cm³/mol. The Morgan fingerprint density at radius 1 is 1.06 bits per heavy atom. The van der Waals surface area contributed by atoms with E-state index in [0.717, 1.165) is 0 Å². The highest BCUT2D eigenvalue weighted by atomic mass is 79.9. The zero-order valence-electron chi connectivity index (χ0n) is 15.9. The number of carbonyl (C=O) groups excluding carboxylic acids is 2. The quantitative estimate of drug-likeness (QED) is 0.144. The Morgan fingerprint density at radius 3 is 2.44 bits per heavy atom. The van der Waals surface area contributed by atoms with Crippen molar-refractivity contribution >= 4 is 62.9 Å². The van der Waals surface area contributed by atoms with Crippen LogP contribution in [0.5, 0.6) is 5.75 Å². The molecule has 3 rings (SSSR count). The molecule has 0 aliphatic rings. The first-order valence-electron chi connectivity index (χ1n) is 8.79. The number of benzene rings is 3. The zero-order chi connectivity index (χ0) is 23.3. The monoisotopic (exact) mass is 535 g/mol. The lowest BCUT2D eigenvalue weighted by Crippen LogP contribution is -2.17. The van der Waals surface area contributed by atoms with E-state index in [9.17, 15) is 19.7 Å². The van der Waals surface area contributed by atoms with Crippen LogP contribution >= 0.6 is 39.1 Å². The predicted octanol–water partition coefficient (Wildman–Crippen LogP) is 5.65. The molecule has 3 aromatic carbocycles. The molecule has 0 saturated heterocycles. The number of amides is 1. The minimum absolute atomic E-state index is 0.133. The Morgan fingerprint density at radius 2 is 1.78 bits per heavy atom. The number of nitrogens with zero attached hydrogens (tertiary/aromatic N) is 2. The topological polar surface area (TPSA) is 111 Å². The summed E-state index contributed by atoms with van der Waals surface area (Å²) in [6.45, 7) is 0. The lowest BCUT2D eigenvalue weighted by Gasteiger charge is -2.09. The molecular weight excluding hydrogens is 525 g/mol. The van der Waals surface area contributed by atoms with Gasteiger partial charge < -0.3 is 4.74 Å². The Kier molecular flexibility index (Phi) is 7.57. The molecule has 8 nitrogen and oxygen atoms in total. The molecule has 0 spiro atoms. The minimum Gasteiger partial charge on any atom is -0.422 e. The highest BCUT2D eigenvalue weighted by Gasteiger charge is 2.15. The first kappa shape index (κ1) is 23.4. The van der Waals surface area contributed by atoms with Crippen LogP contribution in [0.3, 0.4) is 0 Å². The number of hydrogen-bond acceptors (Lipinski definition) is 6. The van der Waals surface area contributed by atoms with Gasteiger partial charge in [-0.3, -0.25) is 14.9 Å². The second-order valence-corrected chi connectivity index (χ2v) is 7.96. The number of halogens is 3. The number of hydrogen-bond donors (Lipinski definition) is 1. The van der Waals surface area contributed by atoms with Crippen molar-refractivity contribution in [3.05, 3.63) is 102 Å². The maximum Gasteiger partial charge on any atom is 0.345 e. The Hall–Kier alpha value is -3.27. The van der Waals surface area contributed by atoms with Gasteiger partial charge in [0.2, 0.25) is 0 Å². The van der Waals surface area contributed by atoms with Crippen LogP contribution in [0, 0.1) is 10.1 Å². The molecular formula is C21H12BrCl2N3O5. The number of nitro benzene ring substituents is 1. The summed E-state index contributed by atoms with van der Waals surface area (Å²) in [5, 5.41) is 15.1. The second-order valence-electron chi connectivity index (χ2n) is 6.20. The summed E-state index contributed by atoms with van der Waals surface area (Å²) in [6, 6.07) is 14.3. The fourth-order valence-corrected chi connectivity index (χ4v) is 3.35. The lowest BCUT2D eigenvalue weighted by molar-refractivity contribution is -0.384. The number of nitro groups is 1. The average molecular weight is 537 g/mol. The summed E-state index contributed by atoms with van der Waals surface area (Å²) in [4.78, 5) is 34.8. The van der Waals surface area contributed by atoms with Gasteiger partial charge in [-0.25, -0.2) is 10.2 Å². The molecule has 0 radical (unpaired) electrons. The average Bonchev–Trinajstić information content (AvgIpc) is 2.75. The third-order valence-corrected chi connectivity index (χ3v) is 5.08. The van der Waals surface area contributed by atoms with E-state index < -0.39 is 16.8 Å². The molecule has 0 heterocycles. The molecule has 0 aromatic heterocycles. The molecule has 162 valence electrons. The second kappa shape index (κ2) is 10.4. The molecule has 0 aliphatic heterocycles. The van der Waals surface area contributed by atoms with Gasteiger partial charge in [-0.05, 0) is 48.5 Å². The molecule has 0 aliphatic carbocycles. The van der Waals surface area contributed by atoms with Crippen LogP contribution in [-0.2, 0) is 0 Å². The van der Waals surface area contributed by atoms with E-state index in [1.807, 2.05) is 0 Å². The number of ether oxygens (including phenoxy) is 1. The molecule has 3 aromatic rings. The van der Waals surface area contributed by atoms with Gasteiger partial charge in [0.1, 0.15) is 5.75 Å². The van der Waals surface area contributed by atoms with Crippen molar-refractivity contribution in [2.75, 3.05) is 0 Å². The highest BCUT2D eigenvalue weighted by Crippen LogP contribution is 2.26. The van der Waals surface area contributed by atoms with Gasteiger partial charge in [0.05, 0.1) is 21.7 Å². The van der Waals surface area contributed by atoms with Crippen molar-refractivity contribution in [3.8, 4) is 5.75 Å². The summed E-state index contributed by atoms with van der Waals surface area (Å²) >= 11 is 15.2. The van der Waals surface area contributed by atoms with Gasteiger partial charge in [0.25, 0.3) is 11.6 Å². The van der Waals surface area contributed by atoms with Gasteiger partial charge in [-0.15, -0.1) is 0 Å². The van der Waals surface area contributed by atoms with Gasteiger partial charge in [0.15, 0.2) is 0 Å². The first-order valence-corrected chi connectivity index (χ1v) is 10.3. The van der Waals surface area contributed by atoms with Crippen molar-refractivity contribution in [2.45, 2.75) is 0 Å². The molecule has 1 amide bonds. The van der Waals surface area contributed by atoms with E-state index in [-0.39, 0.29) is 27.6 Å². The SMILES string of the molecule is O=C(N/N=C\c1cc(Br)ccc1OC(=O)c1ccc(Cl)cc1Cl)c1ccc([N+](=O)[O-])cc1. The normalized spacial score (nSPS) is 10.7. The summed E-state index contributed by atoms with van der Waals surface area (Å²) in [5.74, 6) is -1.09. The number of esters is 1. The summed E-state index contributed by atoms with van der Waals surface area (Å²) in [6.07, 6.45) is 1.29. The molecule has 0 unspecified atom stereocenters. The maximum absolute atomic E-state index is 12.5. The Balaban J connectivity index is 1.74. The van der Waals surface area contributed by atoms with E-state index in [0.29, 0.717) is 15.1 Å². The van der Waals surface area contributed by atoms with E-state index in [1.54, 1.807) is 18.2 Å². The molecule has 0 bridgehead atoms. The van der Waals surface area contributed by atoms with Gasteiger partial charge in [-0.1, -0.05) is 39.1 Å². The van der Waals surface area contributed by atoms with Crippen LogP contribution in [0.1, 0.15) is 26.3 Å².